The molecular formula is C22H25N3O3S. The molecule has 0 radical (unpaired) electrons. The summed E-state index contributed by atoms with van der Waals surface area (Å²) in [6.07, 6.45) is 0. The van der Waals surface area contributed by atoms with Gasteiger partial charge in [-0.15, -0.1) is 11.3 Å². The third-order valence-corrected chi connectivity index (χ3v) is 5.52. The summed E-state index contributed by atoms with van der Waals surface area (Å²) in [7, 11) is 0. The summed E-state index contributed by atoms with van der Waals surface area (Å²) in [6, 6.07) is 12.1. The monoisotopic (exact) mass is 411 g/mol. The van der Waals surface area contributed by atoms with Crippen LogP contribution in [0.25, 0.3) is 22.0 Å². The Morgan fingerprint density at radius 3 is 2.55 bits per heavy atom. The van der Waals surface area contributed by atoms with Crippen molar-refractivity contribution in [1.29, 1.82) is 0 Å². The summed E-state index contributed by atoms with van der Waals surface area (Å²) in [4.78, 5) is 11.9. The predicted octanol–water partition coefficient (Wildman–Crippen LogP) is 4.51. The van der Waals surface area contributed by atoms with E-state index in [2.05, 4.69) is 10.3 Å². The fourth-order valence-electron chi connectivity index (χ4n) is 3.24. The average Bonchev–Trinajstić information content (AvgIpc) is 3.26. The van der Waals surface area contributed by atoms with E-state index in [-0.39, 0.29) is 0 Å². The molecule has 0 aliphatic carbocycles. The quantitative estimate of drug-likeness (QED) is 0.570. The summed E-state index contributed by atoms with van der Waals surface area (Å²) in [5.41, 5.74) is 2.77. The highest BCUT2D eigenvalue weighted by Crippen LogP contribution is 2.35. The molecule has 0 atom stereocenters. The minimum absolute atomic E-state index is 0.588. The molecule has 0 spiro atoms. The molecule has 0 unspecified atom stereocenters. The number of hydrogen-bond donors (Lipinski definition) is 0. The van der Waals surface area contributed by atoms with Gasteiger partial charge in [-0.2, -0.15) is 0 Å². The van der Waals surface area contributed by atoms with Gasteiger partial charge in [0.1, 0.15) is 16.5 Å². The lowest BCUT2D eigenvalue weighted by Crippen LogP contribution is -2.36. The molecule has 3 aromatic rings. The van der Waals surface area contributed by atoms with Crippen molar-refractivity contribution in [1.82, 2.24) is 9.97 Å². The number of anilines is 1. The lowest BCUT2D eigenvalue weighted by atomic mass is 10.2. The largest absolute Gasteiger partial charge is 0.490 e. The Bertz CT molecular complexity index is 954. The summed E-state index contributed by atoms with van der Waals surface area (Å²) < 4.78 is 16.8. The average molecular weight is 412 g/mol. The van der Waals surface area contributed by atoms with Gasteiger partial charge in [-0.1, -0.05) is 6.07 Å². The van der Waals surface area contributed by atoms with Crippen LogP contribution < -0.4 is 14.4 Å². The molecule has 3 heterocycles. The first-order chi connectivity index (χ1) is 14.3. The third-order valence-electron chi connectivity index (χ3n) is 4.63. The second-order valence-corrected chi connectivity index (χ2v) is 7.40. The van der Waals surface area contributed by atoms with Gasteiger partial charge in [0.15, 0.2) is 11.5 Å². The van der Waals surface area contributed by atoms with Gasteiger partial charge < -0.3 is 19.1 Å². The van der Waals surface area contributed by atoms with Crippen LogP contribution >= 0.6 is 11.3 Å². The summed E-state index contributed by atoms with van der Waals surface area (Å²) in [5.74, 6) is 2.48. The van der Waals surface area contributed by atoms with Crippen LogP contribution in [-0.4, -0.2) is 49.5 Å². The highest BCUT2D eigenvalue weighted by atomic mass is 32.1. The molecule has 1 aliphatic heterocycles. The molecule has 4 rings (SSSR count). The maximum atomic E-state index is 5.75. The van der Waals surface area contributed by atoms with E-state index >= 15 is 0 Å². The number of ether oxygens (including phenoxy) is 3. The van der Waals surface area contributed by atoms with Gasteiger partial charge >= 0.3 is 0 Å². The molecule has 1 saturated heterocycles. The van der Waals surface area contributed by atoms with Gasteiger partial charge in [0.25, 0.3) is 0 Å². The van der Waals surface area contributed by atoms with Crippen molar-refractivity contribution in [2.24, 2.45) is 0 Å². The van der Waals surface area contributed by atoms with E-state index in [9.17, 15) is 0 Å². The highest BCUT2D eigenvalue weighted by molar-refractivity contribution is 7.13. The van der Waals surface area contributed by atoms with Gasteiger partial charge in [-0.3, -0.25) is 0 Å². The van der Waals surface area contributed by atoms with Crippen molar-refractivity contribution in [2.45, 2.75) is 13.8 Å². The molecule has 6 nitrogen and oxygen atoms in total. The predicted molar refractivity (Wildman–Crippen MR) is 116 cm³/mol. The maximum absolute atomic E-state index is 5.75. The fraction of sp³-hybridized carbons (Fsp3) is 0.364. The molecule has 1 aliphatic rings. The van der Waals surface area contributed by atoms with E-state index in [4.69, 9.17) is 24.2 Å². The second-order valence-electron chi connectivity index (χ2n) is 6.55. The first-order valence-electron chi connectivity index (χ1n) is 9.94. The van der Waals surface area contributed by atoms with Crippen molar-refractivity contribution < 1.29 is 14.2 Å². The SMILES string of the molecule is CCOc1ccc(-c2nc(-c3cccc(N4CCOCC4)n3)cs2)cc1OCC. The molecule has 1 aromatic carbocycles. The zero-order chi connectivity index (χ0) is 20.1. The van der Waals surface area contributed by atoms with Gasteiger partial charge in [0.2, 0.25) is 0 Å². The molecule has 0 amide bonds. The van der Waals surface area contributed by atoms with Crippen molar-refractivity contribution >= 4 is 17.2 Å². The number of benzene rings is 1. The van der Waals surface area contributed by atoms with Crippen LogP contribution in [0.4, 0.5) is 5.82 Å². The van der Waals surface area contributed by atoms with E-state index in [1.807, 2.05) is 50.2 Å². The number of nitrogens with zero attached hydrogens (tertiary/aromatic N) is 3. The fourth-order valence-corrected chi connectivity index (χ4v) is 4.05. The van der Waals surface area contributed by atoms with E-state index < -0.39 is 0 Å². The first-order valence-corrected chi connectivity index (χ1v) is 10.8. The van der Waals surface area contributed by atoms with E-state index in [0.29, 0.717) is 13.2 Å². The Kier molecular flexibility index (Phi) is 6.27. The van der Waals surface area contributed by atoms with Crippen molar-refractivity contribution in [2.75, 3.05) is 44.4 Å². The van der Waals surface area contributed by atoms with Crippen LogP contribution in [0.5, 0.6) is 11.5 Å². The van der Waals surface area contributed by atoms with Gasteiger partial charge in [0, 0.05) is 24.0 Å². The molecule has 2 aromatic heterocycles. The van der Waals surface area contributed by atoms with Crippen LogP contribution in [0.3, 0.4) is 0 Å². The van der Waals surface area contributed by atoms with Crippen LogP contribution in [0.2, 0.25) is 0 Å². The molecule has 29 heavy (non-hydrogen) atoms. The second kappa shape index (κ2) is 9.24. The molecule has 7 heteroatoms. The lowest BCUT2D eigenvalue weighted by Gasteiger charge is -2.27. The Hall–Kier alpha value is -2.64. The zero-order valence-corrected chi connectivity index (χ0v) is 17.6. The minimum Gasteiger partial charge on any atom is -0.490 e. The van der Waals surface area contributed by atoms with Crippen LogP contribution in [0.1, 0.15) is 13.8 Å². The van der Waals surface area contributed by atoms with Gasteiger partial charge in [-0.25, -0.2) is 9.97 Å². The minimum atomic E-state index is 0.588. The third kappa shape index (κ3) is 4.52. The summed E-state index contributed by atoms with van der Waals surface area (Å²) >= 11 is 1.60. The number of hydrogen-bond acceptors (Lipinski definition) is 7. The van der Waals surface area contributed by atoms with Gasteiger partial charge in [0.05, 0.1) is 32.1 Å². The number of pyridine rings is 1. The Morgan fingerprint density at radius 1 is 0.966 bits per heavy atom. The number of aromatic nitrogens is 2. The molecular weight excluding hydrogens is 386 g/mol. The van der Waals surface area contributed by atoms with Crippen LogP contribution in [-0.2, 0) is 4.74 Å². The van der Waals surface area contributed by atoms with E-state index in [1.54, 1.807) is 11.3 Å². The normalized spacial score (nSPS) is 14.1. The number of rotatable bonds is 7. The first kappa shape index (κ1) is 19.7. The molecule has 1 fully saturated rings. The maximum Gasteiger partial charge on any atom is 0.161 e. The smallest absolute Gasteiger partial charge is 0.161 e. The Labute approximate surface area is 175 Å². The lowest BCUT2D eigenvalue weighted by molar-refractivity contribution is 0.122. The van der Waals surface area contributed by atoms with Crippen molar-refractivity contribution in [3.05, 3.63) is 41.8 Å². The molecule has 0 saturated carbocycles. The van der Waals surface area contributed by atoms with Crippen LogP contribution in [0, 0.1) is 0 Å². The number of morpholine rings is 1. The molecule has 0 N–H and O–H groups in total. The van der Waals surface area contributed by atoms with Crippen LogP contribution in [0.15, 0.2) is 41.8 Å². The summed E-state index contributed by atoms with van der Waals surface area (Å²) in [6.45, 7) is 8.35. The van der Waals surface area contributed by atoms with E-state index in [1.165, 1.54) is 0 Å². The van der Waals surface area contributed by atoms with Crippen molar-refractivity contribution in [3.63, 3.8) is 0 Å². The number of thiazole rings is 1. The van der Waals surface area contributed by atoms with E-state index in [0.717, 1.165) is 65.6 Å². The Balaban J connectivity index is 1.59. The topological polar surface area (TPSA) is 56.7 Å². The zero-order valence-electron chi connectivity index (χ0n) is 16.8. The molecule has 0 bridgehead atoms. The van der Waals surface area contributed by atoms with Gasteiger partial charge in [-0.05, 0) is 44.2 Å². The molecule has 152 valence electrons. The Morgan fingerprint density at radius 2 is 1.76 bits per heavy atom. The standard InChI is InChI=1S/C22H25N3O3S/c1-3-27-19-9-8-16(14-20(19)28-4-2)22-24-18(15-29-22)17-6-5-7-21(23-17)25-10-12-26-13-11-25/h5-9,14-15H,3-4,10-13H2,1-2H3. The van der Waals surface area contributed by atoms with Crippen molar-refractivity contribution in [3.8, 4) is 33.5 Å². The summed E-state index contributed by atoms with van der Waals surface area (Å²) in [5, 5.41) is 2.99. The highest BCUT2D eigenvalue weighted by Gasteiger charge is 2.15.